The number of methoxy groups -OCH3 is 1. The highest BCUT2D eigenvalue weighted by Gasteiger charge is 2.14. The molecule has 3 heteroatoms. The molecule has 0 unspecified atom stereocenters. The summed E-state index contributed by atoms with van der Waals surface area (Å²) in [6, 6.07) is 14.1. The van der Waals surface area contributed by atoms with E-state index in [0.717, 1.165) is 29.0 Å². The van der Waals surface area contributed by atoms with Crippen molar-refractivity contribution in [3.05, 3.63) is 53.6 Å². The molecule has 1 aliphatic heterocycles. The third kappa shape index (κ3) is 3.62. The summed E-state index contributed by atoms with van der Waals surface area (Å²) in [5, 5.41) is 0. The van der Waals surface area contributed by atoms with E-state index in [0.29, 0.717) is 0 Å². The summed E-state index contributed by atoms with van der Waals surface area (Å²) in [6.07, 6.45) is 2.59. The summed E-state index contributed by atoms with van der Waals surface area (Å²) >= 11 is 0. The second kappa shape index (κ2) is 6.97. The molecular formula is C20H23NO2. The minimum Gasteiger partial charge on any atom is -0.496 e. The van der Waals surface area contributed by atoms with E-state index in [1.165, 1.54) is 31.5 Å². The first-order valence-electron chi connectivity index (χ1n) is 8.18. The standard InChI is InChI=1S/C20H23NO2/c1-15(22)17-6-5-7-18(13-17)19-12-16(8-9-20(19)23-2)14-21-10-3-4-11-21/h5-9,12-13H,3-4,10-11,14H2,1-2H3. The van der Waals surface area contributed by atoms with Crippen LogP contribution >= 0.6 is 0 Å². The van der Waals surface area contributed by atoms with Crippen LogP contribution in [0.5, 0.6) is 5.75 Å². The van der Waals surface area contributed by atoms with Gasteiger partial charge < -0.3 is 4.74 Å². The van der Waals surface area contributed by atoms with Gasteiger partial charge in [-0.3, -0.25) is 9.69 Å². The Labute approximate surface area is 137 Å². The number of carbonyl (C=O) groups excluding carboxylic acids is 1. The molecule has 1 saturated heterocycles. The SMILES string of the molecule is COc1ccc(CN2CCCC2)cc1-c1cccc(C(C)=O)c1. The average Bonchev–Trinajstić information content (AvgIpc) is 3.08. The molecule has 0 radical (unpaired) electrons. The second-order valence-electron chi connectivity index (χ2n) is 6.15. The Morgan fingerprint density at radius 1 is 1.13 bits per heavy atom. The van der Waals surface area contributed by atoms with Crippen molar-refractivity contribution in [1.29, 1.82) is 0 Å². The number of benzene rings is 2. The van der Waals surface area contributed by atoms with E-state index in [2.05, 4.69) is 17.0 Å². The largest absolute Gasteiger partial charge is 0.496 e. The number of likely N-dealkylation sites (tertiary alicyclic amines) is 1. The van der Waals surface area contributed by atoms with E-state index in [1.807, 2.05) is 30.3 Å². The molecule has 1 heterocycles. The van der Waals surface area contributed by atoms with Gasteiger partial charge in [0.1, 0.15) is 5.75 Å². The van der Waals surface area contributed by atoms with Gasteiger partial charge in [0.05, 0.1) is 7.11 Å². The lowest BCUT2D eigenvalue weighted by Crippen LogP contribution is -2.18. The first-order chi connectivity index (χ1) is 11.2. The zero-order valence-electron chi connectivity index (χ0n) is 13.8. The minimum atomic E-state index is 0.0824. The number of ketones is 1. The van der Waals surface area contributed by atoms with Crippen molar-refractivity contribution in [1.82, 2.24) is 4.90 Å². The fourth-order valence-electron chi connectivity index (χ4n) is 3.18. The minimum absolute atomic E-state index is 0.0824. The molecule has 3 rings (SSSR count). The molecule has 0 spiro atoms. The maximum absolute atomic E-state index is 11.6. The number of hydrogen-bond acceptors (Lipinski definition) is 3. The van der Waals surface area contributed by atoms with Gasteiger partial charge in [0.25, 0.3) is 0 Å². The molecule has 0 amide bonds. The Bertz CT molecular complexity index is 703. The van der Waals surface area contributed by atoms with Crippen molar-refractivity contribution in [2.75, 3.05) is 20.2 Å². The van der Waals surface area contributed by atoms with Crippen LogP contribution in [0.25, 0.3) is 11.1 Å². The monoisotopic (exact) mass is 309 g/mol. The molecule has 23 heavy (non-hydrogen) atoms. The quantitative estimate of drug-likeness (QED) is 0.777. The molecule has 0 aliphatic carbocycles. The topological polar surface area (TPSA) is 29.5 Å². The number of hydrogen-bond donors (Lipinski definition) is 0. The van der Waals surface area contributed by atoms with Crippen LogP contribution in [0.3, 0.4) is 0 Å². The fraction of sp³-hybridized carbons (Fsp3) is 0.350. The van der Waals surface area contributed by atoms with E-state index >= 15 is 0 Å². The molecule has 0 aromatic heterocycles. The van der Waals surface area contributed by atoms with Crippen molar-refractivity contribution in [3.8, 4) is 16.9 Å². The highest BCUT2D eigenvalue weighted by molar-refractivity contribution is 5.95. The number of ether oxygens (including phenoxy) is 1. The molecule has 1 aliphatic rings. The zero-order valence-corrected chi connectivity index (χ0v) is 13.8. The first kappa shape index (κ1) is 15.8. The lowest BCUT2D eigenvalue weighted by atomic mass is 9.99. The van der Waals surface area contributed by atoms with E-state index in [1.54, 1.807) is 14.0 Å². The van der Waals surface area contributed by atoms with Crippen molar-refractivity contribution in [3.63, 3.8) is 0 Å². The Kier molecular flexibility index (Phi) is 4.77. The van der Waals surface area contributed by atoms with Gasteiger partial charge in [0.15, 0.2) is 5.78 Å². The second-order valence-corrected chi connectivity index (χ2v) is 6.15. The number of rotatable bonds is 5. The van der Waals surface area contributed by atoms with Crippen LogP contribution < -0.4 is 4.74 Å². The Balaban J connectivity index is 1.95. The molecule has 0 saturated carbocycles. The third-order valence-corrected chi connectivity index (χ3v) is 4.45. The molecule has 1 fully saturated rings. The number of nitrogens with zero attached hydrogens (tertiary/aromatic N) is 1. The molecule has 3 nitrogen and oxygen atoms in total. The van der Waals surface area contributed by atoms with E-state index in [9.17, 15) is 4.79 Å². The lowest BCUT2D eigenvalue weighted by molar-refractivity contribution is 0.101. The Hall–Kier alpha value is -2.13. The molecule has 0 atom stereocenters. The summed E-state index contributed by atoms with van der Waals surface area (Å²) in [4.78, 5) is 14.1. The molecular weight excluding hydrogens is 286 g/mol. The normalized spacial score (nSPS) is 14.9. The van der Waals surface area contributed by atoms with Gasteiger partial charge in [0.2, 0.25) is 0 Å². The summed E-state index contributed by atoms with van der Waals surface area (Å²) in [5.41, 5.74) is 4.09. The van der Waals surface area contributed by atoms with Gasteiger partial charge in [-0.1, -0.05) is 24.3 Å². The van der Waals surface area contributed by atoms with Crippen LogP contribution in [0.4, 0.5) is 0 Å². The predicted octanol–water partition coefficient (Wildman–Crippen LogP) is 4.16. The third-order valence-electron chi connectivity index (χ3n) is 4.45. The average molecular weight is 309 g/mol. The van der Waals surface area contributed by atoms with E-state index < -0.39 is 0 Å². The fourth-order valence-corrected chi connectivity index (χ4v) is 3.18. The highest BCUT2D eigenvalue weighted by Crippen LogP contribution is 2.32. The molecule has 0 N–H and O–H groups in total. The Morgan fingerprint density at radius 3 is 2.61 bits per heavy atom. The van der Waals surface area contributed by atoms with Crippen LogP contribution in [0.1, 0.15) is 35.7 Å². The van der Waals surface area contributed by atoms with Crippen LogP contribution in [-0.2, 0) is 6.54 Å². The number of carbonyl (C=O) groups is 1. The van der Waals surface area contributed by atoms with Gasteiger partial charge in [0, 0.05) is 17.7 Å². The molecule has 2 aromatic rings. The van der Waals surface area contributed by atoms with Crippen LogP contribution in [0.15, 0.2) is 42.5 Å². The summed E-state index contributed by atoms with van der Waals surface area (Å²) < 4.78 is 5.53. The summed E-state index contributed by atoms with van der Waals surface area (Å²) in [5.74, 6) is 0.926. The summed E-state index contributed by atoms with van der Waals surface area (Å²) in [7, 11) is 1.69. The number of Topliss-reactive ketones (excluding diaryl/α,β-unsaturated/α-hetero) is 1. The maximum atomic E-state index is 11.6. The smallest absolute Gasteiger partial charge is 0.159 e. The van der Waals surface area contributed by atoms with Gasteiger partial charge in [-0.25, -0.2) is 0 Å². The molecule has 120 valence electrons. The van der Waals surface area contributed by atoms with Gasteiger partial charge in [-0.2, -0.15) is 0 Å². The van der Waals surface area contributed by atoms with Gasteiger partial charge in [-0.05, 0) is 62.2 Å². The van der Waals surface area contributed by atoms with Crippen molar-refractivity contribution in [2.45, 2.75) is 26.3 Å². The van der Waals surface area contributed by atoms with Crippen LogP contribution in [0, 0.1) is 0 Å². The molecule has 0 bridgehead atoms. The van der Waals surface area contributed by atoms with Crippen LogP contribution in [-0.4, -0.2) is 30.9 Å². The zero-order chi connectivity index (χ0) is 16.2. The maximum Gasteiger partial charge on any atom is 0.159 e. The van der Waals surface area contributed by atoms with E-state index in [4.69, 9.17) is 4.74 Å². The van der Waals surface area contributed by atoms with E-state index in [-0.39, 0.29) is 5.78 Å². The Morgan fingerprint density at radius 2 is 1.91 bits per heavy atom. The van der Waals surface area contributed by atoms with Gasteiger partial charge >= 0.3 is 0 Å². The van der Waals surface area contributed by atoms with Crippen molar-refractivity contribution >= 4 is 5.78 Å². The van der Waals surface area contributed by atoms with Crippen LogP contribution in [0.2, 0.25) is 0 Å². The molecule has 2 aromatic carbocycles. The predicted molar refractivity (Wildman–Crippen MR) is 92.9 cm³/mol. The highest BCUT2D eigenvalue weighted by atomic mass is 16.5. The first-order valence-corrected chi connectivity index (χ1v) is 8.18. The van der Waals surface area contributed by atoms with Gasteiger partial charge in [-0.15, -0.1) is 0 Å². The lowest BCUT2D eigenvalue weighted by Gasteiger charge is -2.17. The summed E-state index contributed by atoms with van der Waals surface area (Å²) in [6.45, 7) is 4.94. The van der Waals surface area contributed by atoms with Crippen molar-refractivity contribution < 1.29 is 9.53 Å². The van der Waals surface area contributed by atoms with Crippen molar-refractivity contribution in [2.24, 2.45) is 0 Å².